The van der Waals surface area contributed by atoms with Crippen LogP contribution in [0.15, 0.2) is 35.5 Å². The van der Waals surface area contributed by atoms with Gasteiger partial charge in [0.05, 0.1) is 4.91 Å². The predicted octanol–water partition coefficient (Wildman–Crippen LogP) is 0.635. The van der Waals surface area contributed by atoms with E-state index in [0.29, 0.717) is 0 Å². The zero-order valence-corrected chi connectivity index (χ0v) is 6.38. The minimum Gasteiger partial charge on any atom is -0.368 e. The third kappa shape index (κ3) is 2.21. The lowest BCUT2D eigenvalue weighted by Gasteiger charge is -1.92. The standard InChI is InChI=1S/C6H7NO3S.H2/c8-11(9,10)6-2-1-4-7-5-3-6;/h1-5,7H,(H,8,9,10);1H/i;1+0. The smallest absolute Gasteiger partial charge is 0.294 e. The van der Waals surface area contributed by atoms with E-state index in [4.69, 9.17) is 4.55 Å². The first kappa shape index (κ1) is 8.03. The summed E-state index contributed by atoms with van der Waals surface area (Å²) in [7, 11) is -4.07. The Bertz CT molecular complexity index is 329. The molecule has 1 aliphatic heterocycles. The molecule has 0 aromatic rings. The molecule has 1 heterocycles. The van der Waals surface area contributed by atoms with E-state index in [0.717, 1.165) is 0 Å². The monoisotopic (exact) mass is 175 g/mol. The molecule has 0 unspecified atom stereocenters. The molecule has 0 aliphatic carbocycles. The fourth-order valence-electron chi connectivity index (χ4n) is 0.612. The van der Waals surface area contributed by atoms with Crippen LogP contribution in [-0.2, 0) is 10.1 Å². The van der Waals surface area contributed by atoms with Gasteiger partial charge in [-0.05, 0) is 18.2 Å². The van der Waals surface area contributed by atoms with Crippen LogP contribution in [0.3, 0.4) is 0 Å². The number of hydrogen-bond acceptors (Lipinski definition) is 3. The molecule has 0 spiro atoms. The van der Waals surface area contributed by atoms with Crippen LogP contribution in [0.1, 0.15) is 1.43 Å². The van der Waals surface area contributed by atoms with Gasteiger partial charge in [-0.3, -0.25) is 4.55 Å². The quantitative estimate of drug-likeness (QED) is 0.574. The molecule has 0 atom stereocenters. The summed E-state index contributed by atoms with van der Waals surface area (Å²) in [6.45, 7) is 0. The van der Waals surface area contributed by atoms with Crippen molar-refractivity contribution >= 4 is 10.1 Å². The Morgan fingerprint density at radius 2 is 2.18 bits per heavy atom. The summed E-state index contributed by atoms with van der Waals surface area (Å²) < 4.78 is 29.6. The van der Waals surface area contributed by atoms with Crippen molar-refractivity contribution in [3.05, 3.63) is 35.5 Å². The summed E-state index contributed by atoms with van der Waals surface area (Å²) in [5.74, 6) is 0. The molecule has 11 heavy (non-hydrogen) atoms. The molecular formula is C6H9NO3S. The minimum atomic E-state index is -4.07. The second-order valence-electron chi connectivity index (χ2n) is 1.90. The number of allylic oxidation sites excluding steroid dienone is 3. The van der Waals surface area contributed by atoms with Crippen LogP contribution in [0, 0.1) is 0 Å². The Hall–Kier alpha value is -1.07. The molecule has 1 rings (SSSR count). The summed E-state index contributed by atoms with van der Waals surface area (Å²) in [6.07, 6.45) is 7.03. The molecule has 1 aliphatic rings. The lowest BCUT2D eigenvalue weighted by Crippen LogP contribution is -1.99. The van der Waals surface area contributed by atoms with Crippen molar-refractivity contribution in [1.82, 2.24) is 5.32 Å². The maximum Gasteiger partial charge on any atom is 0.294 e. The van der Waals surface area contributed by atoms with E-state index in [9.17, 15) is 8.42 Å². The maximum atomic E-state index is 10.5. The predicted molar refractivity (Wildman–Crippen MR) is 43.2 cm³/mol. The zero-order chi connectivity index (χ0) is 8.32. The Morgan fingerprint density at radius 3 is 2.82 bits per heavy atom. The van der Waals surface area contributed by atoms with Gasteiger partial charge in [-0.1, -0.05) is 0 Å². The topological polar surface area (TPSA) is 66.4 Å². The molecule has 0 bridgehead atoms. The Labute approximate surface area is 66.2 Å². The maximum absolute atomic E-state index is 10.5. The highest BCUT2D eigenvalue weighted by molar-refractivity contribution is 7.90. The Kier molecular flexibility index (Phi) is 2.11. The van der Waals surface area contributed by atoms with Gasteiger partial charge in [0.15, 0.2) is 0 Å². The fraction of sp³-hybridized carbons (Fsp3) is 0. The van der Waals surface area contributed by atoms with Crippen molar-refractivity contribution in [3.63, 3.8) is 0 Å². The van der Waals surface area contributed by atoms with E-state index < -0.39 is 10.1 Å². The van der Waals surface area contributed by atoms with Crippen molar-refractivity contribution in [2.24, 2.45) is 0 Å². The highest BCUT2D eigenvalue weighted by Gasteiger charge is 2.09. The van der Waals surface area contributed by atoms with Crippen LogP contribution in [0.2, 0.25) is 0 Å². The molecule has 0 fully saturated rings. The molecule has 0 saturated heterocycles. The summed E-state index contributed by atoms with van der Waals surface area (Å²) in [5.41, 5.74) is 0. The first-order valence-electron chi connectivity index (χ1n) is 2.87. The lowest BCUT2D eigenvalue weighted by atomic mass is 10.5. The van der Waals surface area contributed by atoms with Gasteiger partial charge in [0.25, 0.3) is 10.1 Å². The molecule has 0 saturated carbocycles. The second kappa shape index (κ2) is 2.89. The van der Waals surface area contributed by atoms with E-state index in [1.165, 1.54) is 24.4 Å². The van der Waals surface area contributed by atoms with E-state index in [1.807, 2.05) is 0 Å². The first-order valence-corrected chi connectivity index (χ1v) is 4.31. The van der Waals surface area contributed by atoms with Crippen molar-refractivity contribution in [3.8, 4) is 0 Å². The SMILES string of the molecule is O=S(=O)(O)C1=CC=CNC=C1.[1HH]. The van der Waals surface area contributed by atoms with Gasteiger partial charge in [0.2, 0.25) is 0 Å². The highest BCUT2D eigenvalue weighted by Crippen LogP contribution is 2.06. The van der Waals surface area contributed by atoms with Crippen molar-refractivity contribution in [1.29, 1.82) is 0 Å². The summed E-state index contributed by atoms with van der Waals surface area (Å²) in [6, 6.07) is 0. The summed E-state index contributed by atoms with van der Waals surface area (Å²) in [5, 5.41) is 2.66. The van der Waals surface area contributed by atoms with Gasteiger partial charge < -0.3 is 5.32 Å². The van der Waals surface area contributed by atoms with Gasteiger partial charge in [-0.25, -0.2) is 0 Å². The lowest BCUT2D eigenvalue weighted by molar-refractivity contribution is 0.492. The fourth-order valence-corrected chi connectivity index (χ4v) is 1.10. The summed E-state index contributed by atoms with van der Waals surface area (Å²) >= 11 is 0. The number of hydrogen-bond donors (Lipinski definition) is 2. The highest BCUT2D eigenvalue weighted by atomic mass is 32.2. The van der Waals surface area contributed by atoms with Crippen LogP contribution in [0.25, 0.3) is 0 Å². The first-order chi connectivity index (χ1) is 5.11. The Balaban J connectivity index is 0.00000121. The van der Waals surface area contributed by atoms with Gasteiger partial charge in [-0.15, -0.1) is 0 Å². The third-order valence-corrected chi connectivity index (χ3v) is 1.96. The molecule has 0 aromatic carbocycles. The molecular weight excluding hydrogens is 166 g/mol. The van der Waals surface area contributed by atoms with Gasteiger partial charge in [0.1, 0.15) is 0 Å². The van der Waals surface area contributed by atoms with Gasteiger partial charge in [0, 0.05) is 13.8 Å². The van der Waals surface area contributed by atoms with E-state index in [2.05, 4.69) is 5.32 Å². The van der Waals surface area contributed by atoms with E-state index in [1.54, 1.807) is 6.20 Å². The minimum absolute atomic E-state index is 0. The average Bonchev–Trinajstić information content (AvgIpc) is 2.10. The number of nitrogens with one attached hydrogen (secondary N) is 1. The van der Waals surface area contributed by atoms with Gasteiger partial charge >= 0.3 is 0 Å². The van der Waals surface area contributed by atoms with Crippen LogP contribution >= 0.6 is 0 Å². The molecule has 62 valence electrons. The Morgan fingerprint density at radius 1 is 1.45 bits per heavy atom. The molecule has 4 nitrogen and oxygen atoms in total. The van der Waals surface area contributed by atoms with E-state index >= 15 is 0 Å². The number of rotatable bonds is 1. The van der Waals surface area contributed by atoms with Crippen molar-refractivity contribution < 1.29 is 14.4 Å². The van der Waals surface area contributed by atoms with Gasteiger partial charge in [-0.2, -0.15) is 8.42 Å². The van der Waals surface area contributed by atoms with Crippen molar-refractivity contribution in [2.45, 2.75) is 0 Å². The van der Waals surface area contributed by atoms with Crippen molar-refractivity contribution in [2.75, 3.05) is 0 Å². The zero-order valence-electron chi connectivity index (χ0n) is 5.56. The van der Waals surface area contributed by atoms with Crippen LogP contribution in [0.5, 0.6) is 0 Å². The second-order valence-corrected chi connectivity index (χ2v) is 3.32. The van der Waals surface area contributed by atoms with Crippen LogP contribution in [0.4, 0.5) is 0 Å². The molecule has 2 N–H and O–H groups in total. The molecule has 0 aromatic heterocycles. The molecule has 5 heteroatoms. The van der Waals surface area contributed by atoms with E-state index in [-0.39, 0.29) is 6.33 Å². The normalized spacial score (nSPS) is 17.0. The largest absolute Gasteiger partial charge is 0.368 e. The third-order valence-electron chi connectivity index (χ3n) is 1.09. The van der Waals surface area contributed by atoms with Crippen LogP contribution in [-0.4, -0.2) is 13.0 Å². The molecule has 0 amide bonds. The van der Waals surface area contributed by atoms with Crippen LogP contribution < -0.4 is 5.32 Å². The average molecular weight is 175 g/mol. The summed E-state index contributed by atoms with van der Waals surface area (Å²) in [4.78, 5) is -0.126. The molecule has 0 radical (unpaired) electrons.